The number of amides is 8. The van der Waals surface area contributed by atoms with Gasteiger partial charge < -0.3 is 44.7 Å². The third kappa shape index (κ3) is 22.7. The normalized spacial score (nSPS) is 26.7. The van der Waals surface area contributed by atoms with E-state index in [2.05, 4.69) is 10.3 Å². The molecule has 0 radical (unpaired) electrons. The molecule has 0 unspecified atom stereocenters. The summed E-state index contributed by atoms with van der Waals surface area (Å²) in [5.41, 5.74) is 0.842. The highest BCUT2D eigenvalue weighted by atomic mass is 32.2. The minimum absolute atomic E-state index is 0.0741. The summed E-state index contributed by atoms with van der Waals surface area (Å²) in [6.07, 6.45) is 3.41. The SMILES string of the molecule is CC[C@H]1CC(=O)[C@@H]([C@H](O)[C@H](C)CCCc2ccccn2)N(C)C(=O)[C@@H](C(C)C)N(C)C(=O)[C@@H](CC(C)C)N(C)C(=O)[C@@H](CC(C)C)N(C)C(=O)[C@H](C)NC(=O)[C@@H](C)CC(=O)[C@@H](CC(C)C)N(C)C(=O)[C@@H](C(C)C)CC(=O)[C@H](CC(C)C)N(C)C(=O)[C@@H](SC)N(C)C1=O. The van der Waals surface area contributed by atoms with Gasteiger partial charge in [0.15, 0.2) is 22.7 Å². The molecule has 0 aliphatic carbocycles. The zero-order valence-electron chi connectivity index (χ0n) is 60.5. The summed E-state index contributed by atoms with van der Waals surface area (Å²) in [4.78, 5) is 177. The molecular weight excluding hydrogens is 1190 g/mol. The second-order valence-corrected chi connectivity index (χ2v) is 29.6. The Kier molecular flexibility index (Phi) is 34.0. The monoisotopic (exact) mass is 1310 g/mol. The molecule has 1 aliphatic rings. The van der Waals surface area contributed by atoms with E-state index in [-0.39, 0.29) is 74.4 Å². The first-order valence-corrected chi connectivity index (χ1v) is 34.8. The van der Waals surface area contributed by atoms with Gasteiger partial charge in [-0.2, -0.15) is 0 Å². The zero-order valence-corrected chi connectivity index (χ0v) is 61.3. The van der Waals surface area contributed by atoms with E-state index in [4.69, 9.17) is 0 Å². The smallest absolute Gasteiger partial charge is 0.256 e. The van der Waals surface area contributed by atoms with Crippen molar-refractivity contribution in [2.24, 2.45) is 59.2 Å². The number of aliphatic hydroxyl groups excluding tert-OH is 1. The highest BCUT2D eigenvalue weighted by Crippen LogP contribution is 2.31. The Balaban J connectivity index is 3.03. The van der Waals surface area contributed by atoms with Crippen LogP contribution in [0.4, 0.5) is 0 Å². The maximum absolute atomic E-state index is 15.4. The molecule has 0 saturated carbocycles. The van der Waals surface area contributed by atoms with Gasteiger partial charge in [0.2, 0.25) is 41.4 Å². The van der Waals surface area contributed by atoms with Crippen LogP contribution in [0.1, 0.15) is 181 Å². The van der Waals surface area contributed by atoms with Crippen LogP contribution in [0.15, 0.2) is 24.4 Å². The van der Waals surface area contributed by atoms with E-state index in [1.165, 1.54) is 90.6 Å². The summed E-state index contributed by atoms with van der Waals surface area (Å²) in [5.74, 6) is -11.0. The molecular formula is C70H119N9O12S. The quantitative estimate of drug-likeness (QED) is 0.143. The minimum atomic E-state index is -1.52. The van der Waals surface area contributed by atoms with Crippen LogP contribution in [0.25, 0.3) is 0 Å². The molecule has 21 nitrogen and oxygen atoms in total. The first-order valence-electron chi connectivity index (χ1n) is 33.6. The van der Waals surface area contributed by atoms with Gasteiger partial charge in [0.25, 0.3) is 5.91 Å². The molecule has 0 spiro atoms. The van der Waals surface area contributed by atoms with Crippen LogP contribution in [0, 0.1) is 59.2 Å². The maximum atomic E-state index is 15.4. The lowest BCUT2D eigenvalue weighted by Crippen LogP contribution is -2.61. The van der Waals surface area contributed by atoms with Gasteiger partial charge in [0, 0.05) is 98.2 Å². The highest BCUT2D eigenvalue weighted by molar-refractivity contribution is 7.99. The van der Waals surface area contributed by atoms with Crippen LogP contribution in [-0.2, 0) is 59.2 Å². The number of carbonyl (C=O) groups is 11. The van der Waals surface area contributed by atoms with Crippen molar-refractivity contribution in [3.8, 4) is 0 Å². The molecule has 22 heteroatoms. The Morgan fingerprint density at radius 3 is 1.43 bits per heavy atom. The average molecular weight is 1310 g/mol. The fraction of sp³-hybridized carbons (Fsp3) is 0.771. The lowest BCUT2D eigenvalue weighted by atomic mass is 9.84. The Labute approximate surface area is 556 Å². The number of aryl methyl sites for hydroxylation is 1. The van der Waals surface area contributed by atoms with Crippen molar-refractivity contribution in [3.05, 3.63) is 30.1 Å². The number of nitrogens with zero attached hydrogens (tertiary/aromatic N) is 8. The summed E-state index contributed by atoms with van der Waals surface area (Å²) in [7, 11) is 10.3. The summed E-state index contributed by atoms with van der Waals surface area (Å²) in [5, 5.41) is 14.1. The Hall–Kier alpha value is -5.77. The van der Waals surface area contributed by atoms with Crippen LogP contribution < -0.4 is 5.32 Å². The fourth-order valence-electron chi connectivity index (χ4n) is 12.6. The Bertz CT molecular complexity index is 2640. The fourth-order valence-corrected chi connectivity index (χ4v) is 13.4. The van der Waals surface area contributed by atoms with Gasteiger partial charge in [-0.05, 0) is 118 Å². The summed E-state index contributed by atoms with van der Waals surface area (Å²) in [6, 6.07) is -2.63. The molecule has 1 aliphatic heterocycles. The Morgan fingerprint density at radius 1 is 0.522 bits per heavy atom. The lowest BCUT2D eigenvalue weighted by Gasteiger charge is -2.41. The van der Waals surface area contributed by atoms with Crippen molar-refractivity contribution < 1.29 is 57.8 Å². The van der Waals surface area contributed by atoms with Crippen molar-refractivity contribution in [3.63, 3.8) is 0 Å². The molecule has 13 atom stereocenters. The zero-order chi connectivity index (χ0) is 70.7. The molecule has 1 aromatic heterocycles. The molecule has 1 saturated heterocycles. The topological polar surface area (TPSA) is 256 Å². The number of carbonyl (C=O) groups excluding carboxylic acids is 11. The van der Waals surface area contributed by atoms with E-state index in [0.717, 1.165) is 17.5 Å². The lowest BCUT2D eigenvalue weighted by molar-refractivity contribution is -0.157. The van der Waals surface area contributed by atoms with Gasteiger partial charge in [-0.15, -0.1) is 11.8 Å². The molecule has 2 rings (SSSR count). The maximum Gasteiger partial charge on any atom is 0.256 e. The number of aromatic nitrogens is 1. The number of likely N-dealkylation sites (N-methyl/N-ethyl adjacent to an activating group) is 7. The van der Waals surface area contributed by atoms with E-state index in [1.54, 1.807) is 47.1 Å². The predicted molar refractivity (Wildman–Crippen MR) is 362 cm³/mol. The third-order valence-corrected chi connectivity index (χ3v) is 19.4. The first kappa shape index (κ1) is 82.3. The number of ketones is 3. The molecule has 8 amide bonds. The van der Waals surface area contributed by atoms with Gasteiger partial charge in [0.1, 0.15) is 30.2 Å². The van der Waals surface area contributed by atoms with E-state index in [0.29, 0.717) is 19.3 Å². The Morgan fingerprint density at radius 2 is 0.978 bits per heavy atom. The standard InChI is InChI=1S/C70H119N9O12S/c1-25-49-38-58(82)60(61(83)46(14)29-28-31-50-30-26-27-32-71-50)78(22)68(90)59(45(12)13)77(21)67(89)55(36-43(8)9)76(20)66(88)54(35-42(6)7)75(19)63(85)48(16)72-62(84)47(15)37-56(80)52(33-40(2)3)73(17)65(87)51(44(10)11)39-57(81)53(34-41(4)5)74(18)69(91)70(92-24)79(23)64(49)86/h26-27,30,32,40-49,51-55,59-61,70,83H,25,28-29,31,33-39H2,1-24H3,(H,72,84)/t46-,47+,48+,49+,51-,52-,53+,54-,55-,59-,60+,61-,70-/m1/s1. The van der Waals surface area contributed by atoms with E-state index in [1.807, 2.05) is 87.4 Å². The van der Waals surface area contributed by atoms with Crippen molar-refractivity contribution in [2.75, 3.05) is 55.6 Å². The summed E-state index contributed by atoms with van der Waals surface area (Å²) < 4.78 is 0. The second-order valence-electron chi connectivity index (χ2n) is 28.7. The molecule has 522 valence electrons. The number of nitrogens with one attached hydrogen (secondary N) is 1. The van der Waals surface area contributed by atoms with Crippen molar-refractivity contribution in [1.82, 2.24) is 44.6 Å². The molecule has 1 fully saturated rings. The predicted octanol–water partition coefficient (Wildman–Crippen LogP) is 7.68. The largest absolute Gasteiger partial charge is 0.390 e. The number of rotatable bonds is 18. The van der Waals surface area contributed by atoms with Gasteiger partial charge in [-0.25, -0.2) is 0 Å². The van der Waals surface area contributed by atoms with Gasteiger partial charge in [-0.1, -0.05) is 110 Å². The minimum Gasteiger partial charge on any atom is -0.390 e. The van der Waals surface area contributed by atoms with Gasteiger partial charge in [0.05, 0.1) is 18.2 Å². The summed E-state index contributed by atoms with van der Waals surface area (Å²) in [6.45, 7) is 28.9. The molecule has 2 heterocycles. The van der Waals surface area contributed by atoms with Crippen LogP contribution in [0.2, 0.25) is 0 Å². The number of hydrogen-bond donors (Lipinski definition) is 2. The molecule has 2 N–H and O–H groups in total. The average Bonchev–Trinajstić information content (AvgIpc) is 0.819. The van der Waals surface area contributed by atoms with Crippen molar-refractivity contribution in [2.45, 2.75) is 235 Å². The van der Waals surface area contributed by atoms with Crippen molar-refractivity contribution >= 4 is 76.4 Å². The number of hydrogen-bond acceptors (Lipinski definition) is 14. The van der Waals surface area contributed by atoms with E-state index < -0.39 is 155 Å². The van der Waals surface area contributed by atoms with Crippen LogP contribution >= 0.6 is 11.8 Å². The molecule has 1 aromatic rings. The van der Waals surface area contributed by atoms with Crippen LogP contribution in [0.3, 0.4) is 0 Å². The van der Waals surface area contributed by atoms with Crippen LogP contribution in [0.5, 0.6) is 0 Å². The van der Waals surface area contributed by atoms with Crippen LogP contribution in [-0.4, -0.2) is 218 Å². The highest BCUT2D eigenvalue weighted by Gasteiger charge is 2.46. The van der Waals surface area contributed by atoms with E-state index in [9.17, 15) is 38.7 Å². The number of thioether (sulfide) groups is 1. The van der Waals surface area contributed by atoms with Crippen molar-refractivity contribution in [1.29, 1.82) is 0 Å². The number of pyridine rings is 1. The number of Topliss-reactive ketones (excluding diaryl/α,β-unsaturated/α-hetero) is 3. The number of aliphatic hydroxyl groups is 1. The van der Waals surface area contributed by atoms with E-state index >= 15 is 19.2 Å². The second kappa shape index (κ2) is 37.9. The molecule has 0 bridgehead atoms. The third-order valence-electron chi connectivity index (χ3n) is 18.5. The van der Waals surface area contributed by atoms with Gasteiger partial charge in [-0.3, -0.25) is 57.7 Å². The van der Waals surface area contributed by atoms with Gasteiger partial charge >= 0.3 is 0 Å². The first-order chi connectivity index (χ1) is 42.7. The molecule has 92 heavy (non-hydrogen) atoms. The summed E-state index contributed by atoms with van der Waals surface area (Å²) >= 11 is 1.07. The molecule has 0 aromatic carbocycles.